The van der Waals surface area contributed by atoms with E-state index in [2.05, 4.69) is 5.32 Å². The van der Waals surface area contributed by atoms with Crippen molar-refractivity contribution >= 4 is 18.0 Å². The van der Waals surface area contributed by atoms with Gasteiger partial charge in [-0.05, 0) is 5.56 Å². The van der Waals surface area contributed by atoms with Crippen LogP contribution >= 0.6 is 0 Å². The Balaban J connectivity index is 2.37. The lowest BCUT2D eigenvalue weighted by atomic mass is 10.1. The summed E-state index contributed by atoms with van der Waals surface area (Å²) in [6, 6.07) is 9.16. The van der Waals surface area contributed by atoms with Gasteiger partial charge in [0.05, 0.1) is 13.0 Å². The van der Waals surface area contributed by atoms with Gasteiger partial charge in [-0.2, -0.15) is 0 Å². The summed E-state index contributed by atoms with van der Waals surface area (Å²) in [6.45, 7) is -0.227. The molecule has 0 radical (unpaired) electrons. The van der Waals surface area contributed by atoms with E-state index < -0.39 is 5.78 Å². The molecule has 1 aromatic rings. The van der Waals surface area contributed by atoms with Gasteiger partial charge in [-0.1, -0.05) is 30.3 Å². The summed E-state index contributed by atoms with van der Waals surface area (Å²) in [5.74, 6) is -0.896. The van der Waals surface area contributed by atoms with Crippen molar-refractivity contribution in [2.45, 2.75) is 6.42 Å². The van der Waals surface area contributed by atoms with E-state index in [1.807, 2.05) is 30.3 Å². The van der Waals surface area contributed by atoms with Crippen molar-refractivity contribution in [3.05, 3.63) is 35.9 Å². The predicted molar refractivity (Wildman–Crippen MR) is 54.2 cm³/mol. The second-order valence-electron chi connectivity index (χ2n) is 3.02. The molecule has 0 aliphatic heterocycles. The molecular weight excluding hydrogens is 194 g/mol. The van der Waals surface area contributed by atoms with Gasteiger partial charge in [0, 0.05) is 0 Å². The molecule has 4 nitrogen and oxygen atoms in total. The fraction of sp³-hybridized carbons (Fsp3) is 0.182. The van der Waals surface area contributed by atoms with Crippen molar-refractivity contribution < 1.29 is 14.4 Å². The number of carbonyl (C=O) groups is 3. The minimum atomic E-state index is -0.628. The smallest absolute Gasteiger partial charge is 0.224 e. The maximum atomic E-state index is 11.3. The Morgan fingerprint density at radius 3 is 2.47 bits per heavy atom. The summed E-state index contributed by atoms with van der Waals surface area (Å²) < 4.78 is 0. The predicted octanol–water partition coefficient (Wildman–Crippen LogP) is 0.113. The fourth-order valence-corrected chi connectivity index (χ4v) is 1.07. The molecule has 0 aromatic heterocycles. The summed E-state index contributed by atoms with van der Waals surface area (Å²) >= 11 is 0. The highest BCUT2D eigenvalue weighted by Crippen LogP contribution is 1.98. The quantitative estimate of drug-likeness (QED) is 0.548. The van der Waals surface area contributed by atoms with Gasteiger partial charge in [0.15, 0.2) is 6.29 Å². The zero-order valence-corrected chi connectivity index (χ0v) is 8.10. The second kappa shape index (κ2) is 5.70. The summed E-state index contributed by atoms with van der Waals surface area (Å²) in [5.41, 5.74) is 0.869. The van der Waals surface area contributed by atoms with Crippen molar-refractivity contribution in [1.29, 1.82) is 0 Å². The number of aldehydes is 1. The Morgan fingerprint density at radius 1 is 1.20 bits per heavy atom. The average Bonchev–Trinajstić information content (AvgIpc) is 2.27. The Morgan fingerprint density at radius 2 is 1.87 bits per heavy atom. The molecule has 0 heterocycles. The summed E-state index contributed by atoms with van der Waals surface area (Å²) in [7, 11) is 0. The molecule has 0 spiro atoms. The highest BCUT2D eigenvalue weighted by Gasteiger charge is 2.04. The third-order valence-corrected chi connectivity index (χ3v) is 1.80. The zero-order chi connectivity index (χ0) is 11.1. The first kappa shape index (κ1) is 11.1. The molecule has 0 bridgehead atoms. The molecule has 0 saturated heterocycles. The normalized spacial score (nSPS) is 9.33. The van der Waals surface area contributed by atoms with Gasteiger partial charge in [-0.15, -0.1) is 0 Å². The number of benzene rings is 1. The van der Waals surface area contributed by atoms with Crippen LogP contribution in [0.4, 0.5) is 0 Å². The van der Waals surface area contributed by atoms with Gasteiger partial charge in [0.25, 0.3) is 0 Å². The van der Waals surface area contributed by atoms with Crippen LogP contribution in [0.1, 0.15) is 5.56 Å². The van der Waals surface area contributed by atoms with E-state index in [1.54, 1.807) is 0 Å². The topological polar surface area (TPSA) is 63.2 Å². The van der Waals surface area contributed by atoms with Gasteiger partial charge >= 0.3 is 0 Å². The molecule has 78 valence electrons. The van der Waals surface area contributed by atoms with Crippen LogP contribution in [0, 0.1) is 0 Å². The van der Waals surface area contributed by atoms with E-state index in [0.717, 1.165) is 5.56 Å². The standard InChI is InChI=1S/C11H11NO3/c13-8-10(14)7-12-11(15)6-9-4-2-1-3-5-9/h1-5,8H,6-7H2,(H,12,15). The van der Waals surface area contributed by atoms with Crippen LogP contribution in [-0.2, 0) is 20.8 Å². The monoisotopic (exact) mass is 205 g/mol. The van der Waals surface area contributed by atoms with Crippen LogP contribution in [0.5, 0.6) is 0 Å². The third-order valence-electron chi connectivity index (χ3n) is 1.80. The molecule has 1 rings (SSSR count). The lowest BCUT2D eigenvalue weighted by Crippen LogP contribution is -2.31. The van der Waals surface area contributed by atoms with Crippen LogP contribution in [0.2, 0.25) is 0 Å². The lowest BCUT2D eigenvalue weighted by Gasteiger charge is -2.01. The molecule has 0 aliphatic rings. The van der Waals surface area contributed by atoms with E-state index in [0.29, 0.717) is 0 Å². The Labute approximate surface area is 87.3 Å². The molecule has 0 atom stereocenters. The number of carbonyl (C=O) groups excluding carboxylic acids is 3. The van der Waals surface area contributed by atoms with Crippen LogP contribution in [-0.4, -0.2) is 24.5 Å². The molecule has 0 unspecified atom stereocenters. The van der Waals surface area contributed by atoms with Crippen molar-refractivity contribution in [3.63, 3.8) is 0 Å². The molecule has 0 aliphatic carbocycles. The highest BCUT2D eigenvalue weighted by atomic mass is 16.2. The number of hydrogen-bond donors (Lipinski definition) is 1. The van der Waals surface area contributed by atoms with E-state index in [1.165, 1.54) is 0 Å². The van der Waals surface area contributed by atoms with Crippen LogP contribution in [0.15, 0.2) is 30.3 Å². The van der Waals surface area contributed by atoms with Gasteiger partial charge in [-0.3, -0.25) is 14.4 Å². The Hall–Kier alpha value is -1.97. The van der Waals surface area contributed by atoms with E-state index in [-0.39, 0.29) is 25.2 Å². The van der Waals surface area contributed by atoms with Crippen molar-refractivity contribution in [3.8, 4) is 0 Å². The molecule has 0 fully saturated rings. The largest absolute Gasteiger partial charge is 0.348 e. The summed E-state index contributed by atoms with van der Waals surface area (Å²) in [4.78, 5) is 31.8. The van der Waals surface area contributed by atoms with Crippen LogP contribution < -0.4 is 5.32 Å². The minimum Gasteiger partial charge on any atom is -0.348 e. The maximum absolute atomic E-state index is 11.3. The first-order valence-electron chi connectivity index (χ1n) is 4.51. The molecule has 1 aromatic carbocycles. The van der Waals surface area contributed by atoms with E-state index in [9.17, 15) is 14.4 Å². The Bertz CT molecular complexity index is 359. The third kappa shape index (κ3) is 4.17. The molecule has 0 saturated carbocycles. The van der Waals surface area contributed by atoms with Gasteiger partial charge < -0.3 is 5.32 Å². The lowest BCUT2D eigenvalue weighted by molar-refractivity contribution is -0.130. The molecule has 1 N–H and O–H groups in total. The number of rotatable bonds is 5. The van der Waals surface area contributed by atoms with Crippen molar-refractivity contribution in [2.24, 2.45) is 0 Å². The number of nitrogens with one attached hydrogen (secondary N) is 1. The summed E-state index contributed by atoms with van der Waals surface area (Å²) in [5, 5.41) is 2.36. The molecule has 15 heavy (non-hydrogen) atoms. The Kier molecular flexibility index (Phi) is 4.22. The number of amides is 1. The fourth-order valence-electron chi connectivity index (χ4n) is 1.07. The first-order chi connectivity index (χ1) is 7.22. The minimum absolute atomic E-state index is 0.197. The highest BCUT2D eigenvalue weighted by molar-refractivity contribution is 6.26. The number of hydrogen-bond acceptors (Lipinski definition) is 3. The molecule has 1 amide bonds. The van der Waals surface area contributed by atoms with Crippen molar-refractivity contribution in [1.82, 2.24) is 5.32 Å². The van der Waals surface area contributed by atoms with E-state index in [4.69, 9.17) is 0 Å². The van der Waals surface area contributed by atoms with E-state index >= 15 is 0 Å². The number of ketones is 1. The van der Waals surface area contributed by atoms with Crippen LogP contribution in [0.3, 0.4) is 0 Å². The van der Waals surface area contributed by atoms with Crippen molar-refractivity contribution in [2.75, 3.05) is 6.54 Å². The number of Topliss-reactive ketones (excluding diaryl/α,β-unsaturated/α-hetero) is 1. The van der Waals surface area contributed by atoms with Gasteiger partial charge in [-0.25, -0.2) is 0 Å². The maximum Gasteiger partial charge on any atom is 0.224 e. The summed E-state index contributed by atoms with van der Waals surface area (Å²) in [6.07, 6.45) is 0.412. The molecule has 4 heteroatoms. The first-order valence-corrected chi connectivity index (χ1v) is 4.51. The average molecular weight is 205 g/mol. The van der Waals surface area contributed by atoms with Crippen LogP contribution in [0.25, 0.3) is 0 Å². The SMILES string of the molecule is O=CC(=O)CNC(=O)Cc1ccccc1. The second-order valence-corrected chi connectivity index (χ2v) is 3.02. The molecular formula is C11H11NO3. The van der Waals surface area contributed by atoms with Gasteiger partial charge in [0.1, 0.15) is 0 Å². The van der Waals surface area contributed by atoms with Gasteiger partial charge in [0.2, 0.25) is 11.7 Å². The zero-order valence-electron chi connectivity index (χ0n) is 8.10.